The van der Waals surface area contributed by atoms with E-state index < -0.39 is 0 Å². The number of pyridine rings is 3. The van der Waals surface area contributed by atoms with Gasteiger partial charge in [-0.05, 0) is 36.8 Å². The highest BCUT2D eigenvalue weighted by molar-refractivity contribution is 5.95. The van der Waals surface area contributed by atoms with Gasteiger partial charge in [-0.3, -0.25) is 4.98 Å². The van der Waals surface area contributed by atoms with Gasteiger partial charge in [-0.15, -0.1) is 0 Å². The maximum Gasteiger partial charge on any atom is 0.155 e. The number of fused-ring (bicyclic) bond motifs is 2. The molecule has 0 radical (unpaired) electrons. The molecule has 25 heavy (non-hydrogen) atoms. The molecule has 0 saturated heterocycles. The number of aromatic amines is 1. The van der Waals surface area contributed by atoms with E-state index in [1.165, 1.54) is 5.56 Å². The summed E-state index contributed by atoms with van der Waals surface area (Å²) in [6.07, 6.45) is 11.1. The lowest BCUT2D eigenvalue weighted by Gasteiger charge is -2.06. The Morgan fingerprint density at radius 1 is 1.00 bits per heavy atom. The van der Waals surface area contributed by atoms with Gasteiger partial charge in [0.2, 0.25) is 0 Å². The molecule has 0 atom stereocenters. The van der Waals surface area contributed by atoms with E-state index in [1.54, 1.807) is 17.0 Å². The van der Waals surface area contributed by atoms with E-state index in [2.05, 4.69) is 44.1 Å². The smallest absolute Gasteiger partial charge is 0.155 e. The van der Waals surface area contributed by atoms with Gasteiger partial charge in [-0.2, -0.15) is 5.10 Å². The van der Waals surface area contributed by atoms with Gasteiger partial charge < -0.3 is 4.98 Å². The van der Waals surface area contributed by atoms with Crippen LogP contribution in [0.5, 0.6) is 0 Å². The van der Waals surface area contributed by atoms with Gasteiger partial charge in [-0.25, -0.2) is 14.5 Å². The highest BCUT2D eigenvalue weighted by Gasteiger charge is 2.11. The molecular weight excluding hydrogens is 312 g/mol. The summed E-state index contributed by atoms with van der Waals surface area (Å²) in [4.78, 5) is 16.3. The third-order valence-corrected chi connectivity index (χ3v) is 4.47. The van der Waals surface area contributed by atoms with Crippen LogP contribution in [0.3, 0.4) is 0 Å². The fraction of sp³-hybridized carbons (Fsp3) is 0.0526. The van der Waals surface area contributed by atoms with Crippen molar-refractivity contribution in [1.82, 2.24) is 29.5 Å². The van der Waals surface area contributed by atoms with Crippen molar-refractivity contribution in [1.29, 1.82) is 0 Å². The number of H-pyrrole nitrogens is 1. The Kier molecular flexibility index (Phi) is 2.90. The number of nitrogens with zero attached hydrogens (tertiary/aromatic N) is 5. The molecule has 0 saturated carbocycles. The minimum absolute atomic E-state index is 0.827. The molecule has 0 aliphatic heterocycles. The van der Waals surface area contributed by atoms with Crippen LogP contribution >= 0.6 is 0 Å². The molecule has 6 heteroatoms. The molecule has 120 valence electrons. The number of hydrogen-bond donors (Lipinski definition) is 1. The van der Waals surface area contributed by atoms with E-state index in [1.807, 2.05) is 36.9 Å². The van der Waals surface area contributed by atoms with Crippen molar-refractivity contribution in [2.24, 2.45) is 0 Å². The molecule has 6 nitrogen and oxygen atoms in total. The second-order valence-electron chi connectivity index (χ2n) is 5.99. The van der Waals surface area contributed by atoms with Crippen molar-refractivity contribution in [3.63, 3.8) is 0 Å². The second-order valence-corrected chi connectivity index (χ2v) is 5.99. The van der Waals surface area contributed by atoms with Crippen molar-refractivity contribution in [3.05, 3.63) is 67.1 Å². The number of aryl methyl sites for hydroxylation is 1. The van der Waals surface area contributed by atoms with Crippen LogP contribution in [0.4, 0.5) is 0 Å². The van der Waals surface area contributed by atoms with E-state index >= 15 is 0 Å². The Bertz CT molecular complexity index is 1220. The molecule has 0 unspecified atom stereocenters. The fourth-order valence-electron chi connectivity index (χ4n) is 3.13. The second kappa shape index (κ2) is 5.24. The minimum atomic E-state index is 0.827. The fourth-order valence-corrected chi connectivity index (χ4v) is 3.13. The highest BCUT2D eigenvalue weighted by atomic mass is 15.3. The predicted molar refractivity (Wildman–Crippen MR) is 96.0 cm³/mol. The van der Waals surface area contributed by atoms with E-state index in [0.29, 0.717) is 0 Å². The third kappa shape index (κ3) is 2.19. The van der Waals surface area contributed by atoms with Gasteiger partial charge in [0.15, 0.2) is 5.65 Å². The summed E-state index contributed by atoms with van der Waals surface area (Å²) in [6, 6.07) is 8.18. The molecule has 0 aromatic carbocycles. The van der Waals surface area contributed by atoms with Crippen molar-refractivity contribution in [3.8, 4) is 22.3 Å². The van der Waals surface area contributed by atoms with Gasteiger partial charge in [0.1, 0.15) is 12.0 Å². The first-order valence-electron chi connectivity index (χ1n) is 7.97. The molecule has 5 aromatic rings. The van der Waals surface area contributed by atoms with Crippen LogP contribution in [0.15, 0.2) is 61.6 Å². The van der Waals surface area contributed by atoms with Crippen molar-refractivity contribution in [2.75, 3.05) is 0 Å². The third-order valence-electron chi connectivity index (χ3n) is 4.47. The summed E-state index contributed by atoms with van der Waals surface area (Å²) in [6.45, 7) is 2.08. The molecule has 5 rings (SSSR count). The zero-order valence-electron chi connectivity index (χ0n) is 13.5. The van der Waals surface area contributed by atoms with Crippen LogP contribution in [0.1, 0.15) is 5.56 Å². The first-order valence-corrected chi connectivity index (χ1v) is 7.97. The van der Waals surface area contributed by atoms with Crippen molar-refractivity contribution in [2.45, 2.75) is 6.92 Å². The molecule has 0 spiro atoms. The van der Waals surface area contributed by atoms with Crippen LogP contribution in [-0.4, -0.2) is 29.5 Å². The van der Waals surface area contributed by atoms with Gasteiger partial charge >= 0.3 is 0 Å². The van der Waals surface area contributed by atoms with E-state index in [4.69, 9.17) is 0 Å². The summed E-state index contributed by atoms with van der Waals surface area (Å²) in [5, 5.41) is 5.29. The lowest BCUT2D eigenvalue weighted by molar-refractivity contribution is 0.963. The molecule has 0 bridgehead atoms. The molecule has 0 aliphatic rings. The van der Waals surface area contributed by atoms with Gasteiger partial charge in [0.05, 0.1) is 0 Å². The molecule has 0 amide bonds. The summed E-state index contributed by atoms with van der Waals surface area (Å²) < 4.78 is 1.77. The monoisotopic (exact) mass is 326 g/mol. The van der Waals surface area contributed by atoms with Crippen LogP contribution in [0, 0.1) is 6.92 Å². The average Bonchev–Trinajstić information content (AvgIpc) is 3.27. The first kappa shape index (κ1) is 13.9. The molecule has 5 heterocycles. The van der Waals surface area contributed by atoms with Crippen molar-refractivity contribution < 1.29 is 0 Å². The molecular formula is C19H14N6. The maximum absolute atomic E-state index is 4.58. The van der Waals surface area contributed by atoms with Crippen molar-refractivity contribution >= 4 is 16.7 Å². The Balaban J connectivity index is 1.71. The number of rotatable bonds is 2. The Labute approximate surface area is 143 Å². The first-order chi connectivity index (χ1) is 12.3. The van der Waals surface area contributed by atoms with Gasteiger partial charge in [0.25, 0.3) is 0 Å². The number of nitrogens with one attached hydrogen (secondary N) is 1. The van der Waals surface area contributed by atoms with Crippen LogP contribution in [0.2, 0.25) is 0 Å². The Morgan fingerprint density at radius 2 is 1.96 bits per heavy atom. The summed E-state index contributed by atoms with van der Waals surface area (Å²) >= 11 is 0. The quantitative estimate of drug-likeness (QED) is 0.537. The molecule has 0 aliphatic carbocycles. The summed E-state index contributed by atoms with van der Waals surface area (Å²) in [7, 11) is 0. The lowest BCUT2D eigenvalue weighted by atomic mass is 10.0. The zero-order chi connectivity index (χ0) is 16.8. The maximum atomic E-state index is 4.58. The highest BCUT2D eigenvalue weighted by Crippen LogP contribution is 2.31. The number of aromatic nitrogens is 6. The standard InChI is InChI=1S/C19H14N6/c1-12-4-5-20-8-16(12)14-6-15-17(9-22-19(15)21-7-14)13-2-3-18-23-11-24-25(18)10-13/h2-11H,1H3,(H,21,22). The normalized spacial score (nSPS) is 11.4. The largest absolute Gasteiger partial charge is 0.346 e. The summed E-state index contributed by atoms with van der Waals surface area (Å²) in [5.74, 6) is 0. The Morgan fingerprint density at radius 3 is 2.88 bits per heavy atom. The molecule has 1 N–H and O–H groups in total. The molecule has 5 aromatic heterocycles. The topological polar surface area (TPSA) is 71.8 Å². The van der Waals surface area contributed by atoms with Crippen LogP contribution in [0.25, 0.3) is 38.9 Å². The zero-order valence-corrected chi connectivity index (χ0v) is 13.5. The van der Waals surface area contributed by atoms with E-state index in [0.717, 1.165) is 38.9 Å². The molecule has 0 fully saturated rings. The van der Waals surface area contributed by atoms with Crippen LogP contribution in [-0.2, 0) is 0 Å². The minimum Gasteiger partial charge on any atom is -0.346 e. The SMILES string of the molecule is Cc1ccncc1-c1cnc2[nH]cc(-c3ccc4ncnn4c3)c2c1. The number of hydrogen-bond acceptors (Lipinski definition) is 4. The lowest BCUT2D eigenvalue weighted by Crippen LogP contribution is -1.89. The average molecular weight is 326 g/mol. The van der Waals surface area contributed by atoms with Gasteiger partial charge in [-0.1, -0.05) is 0 Å². The predicted octanol–water partition coefficient (Wildman–Crippen LogP) is 3.64. The summed E-state index contributed by atoms with van der Waals surface area (Å²) in [5.41, 5.74) is 7.16. The van der Waals surface area contributed by atoms with E-state index in [-0.39, 0.29) is 0 Å². The van der Waals surface area contributed by atoms with Gasteiger partial charge in [0, 0.05) is 58.6 Å². The van der Waals surface area contributed by atoms with Crippen LogP contribution < -0.4 is 0 Å². The van der Waals surface area contributed by atoms with E-state index in [9.17, 15) is 0 Å². The Hall–Kier alpha value is -3.54.